The summed E-state index contributed by atoms with van der Waals surface area (Å²) in [6.07, 6.45) is -0.164. The Labute approximate surface area is 144 Å². The van der Waals surface area contributed by atoms with E-state index in [0.717, 1.165) is 0 Å². The Morgan fingerprint density at radius 3 is 2.12 bits per heavy atom. The van der Waals surface area contributed by atoms with Gasteiger partial charge in [-0.15, -0.1) is 4.52 Å². The minimum atomic E-state index is -2.05. The highest BCUT2D eigenvalue weighted by Crippen LogP contribution is 2.27. The van der Waals surface area contributed by atoms with Crippen molar-refractivity contribution in [2.45, 2.75) is 46.1 Å². The second kappa shape index (κ2) is 7.38. The maximum absolute atomic E-state index is 12.8. The predicted molar refractivity (Wildman–Crippen MR) is 98.5 cm³/mol. The van der Waals surface area contributed by atoms with Gasteiger partial charge in [-0.05, 0) is 41.5 Å². The van der Waals surface area contributed by atoms with Crippen molar-refractivity contribution in [3.63, 3.8) is 0 Å². The summed E-state index contributed by atoms with van der Waals surface area (Å²) in [6, 6.07) is 14.5. The van der Waals surface area contributed by atoms with Crippen LogP contribution in [0.4, 0.5) is 0 Å². The Morgan fingerprint density at radius 2 is 1.58 bits per heavy atom. The molecule has 4 heteroatoms. The number of hydrogen-bond donors (Lipinski definition) is 0. The van der Waals surface area contributed by atoms with Crippen LogP contribution < -0.4 is 5.30 Å². The van der Waals surface area contributed by atoms with E-state index in [9.17, 15) is 9.36 Å². The largest absolute Gasteiger partial charge is 0.549 e. The maximum Gasteiger partial charge on any atom is 0.549 e. The summed E-state index contributed by atoms with van der Waals surface area (Å²) in [6.45, 7) is 10.0. The van der Waals surface area contributed by atoms with E-state index in [1.165, 1.54) is 5.56 Å². The van der Waals surface area contributed by atoms with E-state index in [1.807, 2.05) is 38.1 Å². The molecular formula is C20H24O3P+. The van der Waals surface area contributed by atoms with E-state index >= 15 is 0 Å². The van der Waals surface area contributed by atoms with E-state index < -0.39 is 8.03 Å². The molecule has 1 atom stereocenters. The zero-order chi connectivity index (χ0) is 17.9. The average Bonchev–Trinajstić information content (AvgIpc) is 2.53. The van der Waals surface area contributed by atoms with E-state index in [0.29, 0.717) is 16.4 Å². The molecule has 0 radical (unpaired) electrons. The van der Waals surface area contributed by atoms with Crippen LogP contribution in [0.5, 0.6) is 0 Å². The molecule has 0 saturated heterocycles. The molecule has 0 spiro atoms. The standard InChI is InChI=1S/C20H24O3P/c1-14(2)23-24(22)18-9-7-6-8-17(18)19(21)15-10-12-16(13-11-15)20(3,4)5/h6-14H,1-5H3/q+1. The summed E-state index contributed by atoms with van der Waals surface area (Å²) >= 11 is 0. The number of carbonyl (C=O) groups excluding carboxylic acids is 1. The zero-order valence-corrected chi connectivity index (χ0v) is 15.8. The van der Waals surface area contributed by atoms with Gasteiger partial charge in [0.25, 0.3) is 0 Å². The fraction of sp³-hybridized carbons (Fsp3) is 0.350. The van der Waals surface area contributed by atoms with Gasteiger partial charge in [0.15, 0.2) is 5.78 Å². The van der Waals surface area contributed by atoms with Gasteiger partial charge in [-0.3, -0.25) is 4.79 Å². The number of rotatable bonds is 5. The van der Waals surface area contributed by atoms with Gasteiger partial charge in [0.05, 0.1) is 5.56 Å². The highest BCUT2D eigenvalue weighted by atomic mass is 31.1. The van der Waals surface area contributed by atoms with Crippen molar-refractivity contribution < 1.29 is 13.9 Å². The first-order valence-corrected chi connectivity index (χ1v) is 9.26. The minimum Gasteiger partial charge on any atom is -0.288 e. The van der Waals surface area contributed by atoms with Crippen molar-refractivity contribution in [3.8, 4) is 0 Å². The topological polar surface area (TPSA) is 43.4 Å². The average molecular weight is 343 g/mol. The summed E-state index contributed by atoms with van der Waals surface area (Å²) < 4.78 is 17.8. The van der Waals surface area contributed by atoms with Crippen LogP contribution in [0.25, 0.3) is 0 Å². The fourth-order valence-corrected chi connectivity index (χ4v) is 3.43. The minimum absolute atomic E-state index is 0.0356. The second-order valence-corrected chi connectivity index (χ2v) is 8.29. The molecule has 0 N–H and O–H groups in total. The SMILES string of the molecule is CC(C)O[P+](=O)c1ccccc1C(=O)c1ccc(C(C)(C)C)cc1. The van der Waals surface area contributed by atoms with Crippen molar-refractivity contribution in [1.29, 1.82) is 0 Å². The zero-order valence-electron chi connectivity index (χ0n) is 14.9. The van der Waals surface area contributed by atoms with Gasteiger partial charge in [-0.25, -0.2) is 0 Å². The van der Waals surface area contributed by atoms with E-state index in [4.69, 9.17) is 4.52 Å². The molecule has 0 bridgehead atoms. The number of carbonyl (C=O) groups is 1. The van der Waals surface area contributed by atoms with Crippen molar-refractivity contribution in [2.75, 3.05) is 0 Å². The molecule has 0 aromatic heterocycles. The van der Waals surface area contributed by atoms with Gasteiger partial charge in [0.1, 0.15) is 6.10 Å². The summed E-state index contributed by atoms with van der Waals surface area (Å²) in [4.78, 5) is 12.8. The van der Waals surface area contributed by atoms with Crippen LogP contribution in [0, 0.1) is 0 Å². The van der Waals surface area contributed by atoms with Gasteiger partial charge < -0.3 is 0 Å². The number of benzene rings is 2. The smallest absolute Gasteiger partial charge is 0.288 e. The molecule has 0 aliphatic carbocycles. The Hall–Kier alpha value is -1.83. The third-order valence-electron chi connectivity index (χ3n) is 3.67. The van der Waals surface area contributed by atoms with Gasteiger partial charge in [-0.2, -0.15) is 0 Å². The number of hydrogen-bond acceptors (Lipinski definition) is 3. The van der Waals surface area contributed by atoms with Crippen molar-refractivity contribution in [2.24, 2.45) is 0 Å². The molecule has 0 heterocycles. The Morgan fingerprint density at radius 1 is 1.00 bits per heavy atom. The Bertz CT molecular complexity index is 740. The molecule has 0 aliphatic heterocycles. The second-order valence-electron chi connectivity index (χ2n) is 7.08. The lowest BCUT2D eigenvalue weighted by atomic mass is 9.86. The molecule has 0 aliphatic rings. The molecule has 3 nitrogen and oxygen atoms in total. The first kappa shape index (κ1) is 18.5. The molecule has 0 amide bonds. The highest BCUT2D eigenvalue weighted by molar-refractivity contribution is 7.48. The van der Waals surface area contributed by atoms with E-state index in [-0.39, 0.29) is 17.3 Å². The highest BCUT2D eigenvalue weighted by Gasteiger charge is 2.30. The summed E-state index contributed by atoms with van der Waals surface area (Å²) in [5.74, 6) is -0.137. The number of ketones is 1. The molecule has 24 heavy (non-hydrogen) atoms. The normalized spacial score (nSPS) is 12.3. The summed E-state index contributed by atoms with van der Waals surface area (Å²) in [5, 5.41) is 0.450. The van der Waals surface area contributed by atoms with Gasteiger partial charge >= 0.3 is 8.03 Å². The summed E-state index contributed by atoms with van der Waals surface area (Å²) in [7, 11) is -2.05. The quantitative estimate of drug-likeness (QED) is 0.566. The molecule has 126 valence electrons. The third-order valence-corrected chi connectivity index (χ3v) is 5.06. The lowest BCUT2D eigenvalue weighted by molar-refractivity contribution is 0.103. The van der Waals surface area contributed by atoms with Crippen LogP contribution in [0.2, 0.25) is 0 Å². The van der Waals surface area contributed by atoms with Crippen molar-refractivity contribution >= 4 is 19.1 Å². The van der Waals surface area contributed by atoms with Crippen LogP contribution >= 0.6 is 8.03 Å². The molecule has 2 aromatic carbocycles. The van der Waals surface area contributed by atoms with Gasteiger partial charge in [-0.1, -0.05) is 57.2 Å². The molecule has 2 rings (SSSR count). The van der Waals surface area contributed by atoms with Crippen LogP contribution in [0.3, 0.4) is 0 Å². The lowest BCUT2D eigenvalue weighted by Crippen LogP contribution is -2.16. The Balaban J connectivity index is 2.35. The van der Waals surface area contributed by atoms with Crippen molar-refractivity contribution in [3.05, 3.63) is 65.2 Å². The molecule has 2 aromatic rings. The monoisotopic (exact) mass is 343 g/mol. The molecular weight excluding hydrogens is 319 g/mol. The van der Waals surface area contributed by atoms with Crippen LogP contribution in [0.1, 0.15) is 56.1 Å². The van der Waals surface area contributed by atoms with Gasteiger partial charge in [0.2, 0.25) is 5.30 Å². The summed E-state index contributed by atoms with van der Waals surface area (Å²) in [5.41, 5.74) is 2.22. The molecule has 0 fully saturated rings. The van der Waals surface area contributed by atoms with Crippen LogP contribution in [0.15, 0.2) is 48.5 Å². The first-order valence-electron chi connectivity index (χ1n) is 8.08. The molecule has 1 unspecified atom stereocenters. The Kier molecular flexibility index (Phi) is 5.69. The molecule has 0 saturated carbocycles. The van der Waals surface area contributed by atoms with Crippen LogP contribution in [-0.4, -0.2) is 11.9 Å². The third kappa shape index (κ3) is 4.37. The van der Waals surface area contributed by atoms with Gasteiger partial charge in [0, 0.05) is 5.56 Å². The van der Waals surface area contributed by atoms with Crippen LogP contribution in [-0.2, 0) is 14.5 Å². The van der Waals surface area contributed by atoms with E-state index in [1.54, 1.807) is 24.3 Å². The van der Waals surface area contributed by atoms with Crippen molar-refractivity contribution in [1.82, 2.24) is 0 Å². The fourth-order valence-electron chi connectivity index (χ4n) is 2.35. The predicted octanol–water partition coefficient (Wildman–Crippen LogP) is 5.01. The first-order chi connectivity index (χ1) is 11.2. The lowest BCUT2D eigenvalue weighted by Gasteiger charge is -2.18. The van der Waals surface area contributed by atoms with E-state index in [2.05, 4.69) is 20.8 Å². The maximum atomic E-state index is 12.8.